The first kappa shape index (κ1) is 16.6. The highest BCUT2D eigenvalue weighted by Gasteiger charge is 2.26. The molecule has 2 amide bonds. The van der Waals surface area contributed by atoms with E-state index in [1.165, 1.54) is 0 Å². The van der Waals surface area contributed by atoms with E-state index in [0.717, 1.165) is 35.9 Å². The van der Waals surface area contributed by atoms with Gasteiger partial charge in [-0.05, 0) is 55.6 Å². The van der Waals surface area contributed by atoms with Gasteiger partial charge in [0.25, 0.3) is 11.1 Å². The van der Waals surface area contributed by atoms with Crippen LogP contribution in [-0.4, -0.2) is 24.3 Å². The Morgan fingerprint density at radius 3 is 2.77 bits per heavy atom. The summed E-state index contributed by atoms with van der Waals surface area (Å²) in [7, 11) is 0. The van der Waals surface area contributed by atoms with Gasteiger partial charge in [0.1, 0.15) is 5.75 Å². The zero-order chi connectivity index (χ0) is 15.9. The van der Waals surface area contributed by atoms with Crippen molar-refractivity contribution in [3.05, 3.63) is 40.8 Å². The topological polar surface area (TPSA) is 81.4 Å². The highest BCUT2D eigenvalue weighted by atomic mass is 32.2. The maximum atomic E-state index is 11.7. The molecule has 5 nitrogen and oxygen atoms in total. The van der Waals surface area contributed by atoms with E-state index in [1.54, 1.807) is 0 Å². The van der Waals surface area contributed by atoms with Crippen LogP contribution in [0.25, 0.3) is 0 Å². The third-order valence-corrected chi connectivity index (χ3v) is 4.15. The van der Waals surface area contributed by atoms with E-state index in [-0.39, 0.29) is 17.1 Å². The number of carbonyl (C=O) groups is 2. The lowest BCUT2D eigenvalue weighted by Gasteiger charge is -2.15. The fourth-order valence-corrected chi connectivity index (χ4v) is 3.11. The molecule has 1 unspecified atom stereocenters. The van der Waals surface area contributed by atoms with Gasteiger partial charge in [-0.25, -0.2) is 0 Å². The lowest BCUT2D eigenvalue weighted by molar-refractivity contribution is -0.115. The molecule has 1 aliphatic rings. The van der Waals surface area contributed by atoms with Gasteiger partial charge in [-0.2, -0.15) is 0 Å². The minimum absolute atomic E-state index is 0.0887. The first-order valence-corrected chi connectivity index (χ1v) is 8.11. The Morgan fingerprint density at radius 2 is 2.14 bits per heavy atom. The molecule has 0 aromatic heterocycles. The number of nitrogens with one attached hydrogen (secondary N) is 1. The molecule has 22 heavy (non-hydrogen) atoms. The summed E-state index contributed by atoms with van der Waals surface area (Å²) >= 11 is 0.942. The molecule has 1 aromatic rings. The SMILES string of the molecule is CCOc1ccccc1CC(/C=C1\SC(=O)NC1=O)CCN. The normalized spacial score (nSPS) is 17.6. The van der Waals surface area contributed by atoms with Crippen LogP contribution in [-0.2, 0) is 11.2 Å². The Bertz CT molecular complexity index is 587. The number of ether oxygens (including phenoxy) is 1. The summed E-state index contributed by atoms with van der Waals surface area (Å²) in [4.78, 5) is 23.4. The molecule has 1 saturated heterocycles. The van der Waals surface area contributed by atoms with Gasteiger partial charge in [-0.3, -0.25) is 14.9 Å². The summed E-state index contributed by atoms with van der Waals surface area (Å²) in [5.41, 5.74) is 6.76. The number of amides is 2. The van der Waals surface area contributed by atoms with Crippen molar-refractivity contribution in [2.45, 2.75) is 19.8 Å². The van der Waals surface area contributed by atoms with Crippen molar-refractivity contribution < 1.29 is 14.3 Å². The van der Waals surface area contributed by atoms with Gasteiger partial charge in [0, 0.05) is 0 Å². The van der Waals surface area contributed by atoms with Crippen molar-refractivity contribution in [2.75, 3.05) is 13.2 Å². The molecule has 3 N–H and O–H groups in total. The number of para-hydroxylation sites is 1. The lowest BCUT2D eigenvalue weighted by Crippen LogP contribution is -2.18. The Balaban J connectivity index is 2.17. The van der Waals surface area contributed by atoms with E-state index < -0.39 is 0 Å². The van der Waals surface area contributed by atoms with Crippen LogP contribution in [0.1, 0.15) is 18.9 Å². The minimum atomic E-state index is -0.324. The Labute approximate surface area is 134 Å². The number of hydrogen-bond donors (Lipinski definition) is 2. The second-order valence-corrected chi connectivity index (χ2v) is 5.97. The van der Waals surface area contributed by atoms with E-state index in [0.29, 0.717) is 18.1 Å². The Morgan fingerprint density at radius 1 is 1.36 bits per heavy atom. The number of benzene rings is 1. The van der Waals surface area contributed by atoms with Crippen molar-refractivity contribution in [1.29, 1.82) is 0 Å². The van der Waals surface area contributed by atoms with Gasteiger partial charge in [0.05, 0.1) is 11.5 Å². The van der Waals surface area contributed by atoms with Crippen LogP contribution in [0.2, 0.25) is 0 Å². The second kappa shape index (κ2) is 8.00. The fourth-order valence-electron chi connectivity index (χ4n) is 2.36. The predicted molar refractivity (Wildman–Crippen MR) is 87.7 cm³/mol. The molecule has 118 valence electrons. The maximum absolute atomic E-state index is 11.7. The highest BCUT2D eigenvalue weighted by molar-refractivity contribution is 8.18. The van der Waals surface area contributed by atoms with Gasteiger partial charge in [-0.15, -0.1) is 0 Å². The summed E-state index contributed by atoms with van der Waals surface area (Å²) in [6.45, 7) is 3.07. The highest BCUT2D eigenvalue weighted by Crippen LogP contribution is 2.28. The number of carbonyl (C=O) groups excluding carboxylic acids is 2. The zero-order valence-corrected chi connectivity index (χ0v) is 13.3. The molecule has 6 heteroatoms. The van der Waals surface area contributed by atoms with Crippen molar-refractivity contribution in [2.24, 2.45) is 11.7 Å². The first-order chi connectivity index (χ1) is 10.6. The minimum Gasteiger partial charge on any atom is -0.494 e. The summed E-state index contributed by atoms with van der Waals surface area (Å²) in [5.74, 6) is 0.617. The van der Waals surface area contributed by atoms with Crippen LogP contribution in [0, 0.1) is 5.92 Å². The molecule has 0 saturated carbocycles. The predicted octanol–water partition coefficient (Wildman–Crippen LogP) is 2.46. The maximum Gasteiger partial charge on any atom is 0.290 e. The summed E-state index contributed by atoms with van der Waals surface area (Å²) in [6.07, 6.45) is 3.31. The van der Waals surface area contributed by atoms with Crippen molar-refractivity contribution >= 4 is 22.9 Å². The second-order valence-electron chi connectivity index (χ2n) is 4.96. The first-order valence-electron chi connectivity index (χ1n) is 7.29. The van der Waals surface area contributed by atoms with Gasteiger partial charge in [0.2, 0.25) is 0 Å². The molecule has 2 rings (SSSR count). The molecule has 0 spiro atoms. The fraction of sp³-hybridized carbons (Fsp3) is 0.375. The van der Waals surface area contributed by atoms with Crippen molar-refractivity contribution in [3.63, 3.8) is 0 Å². The lowest BCUT2D eigenvalue weighted by atomic mass is 9.95. The standard InChI is InChI=1S/C16H20N2O3S/c1-2-21-13-6-4-3-5-12(13)9-11(7-8-17)10-14-15(19)18-16(20)22-14/h3-6,10-11H,2,7-9,17H2,1H3,(H,18,19,20)/b14-10-. The number of nitrogens with two attached hydrogens (primary N) is 1. The van der Waals surface area contributed by atoms with Crippen molar-refractivity contribution in [1.82, 2.24) is 5.32 Å². The number of rotatable bonds is 7. The average Bonchev–Trinajstić information content (AvgIpc) is 2.79. The molecular formula is C16H20N2O3S. The summed E-state index contributed by atoms with van der Waals surface area (Å²) in [6, 6.07) is 7.85. The van der Waals surface area contributed by atoms with Crippen molar-refractivity contribution in [3.8, 4) is 5.75 Å². The molecule has 1 heterocycles. The van der Waals surface area contributed by atoms with Crippen LogP contribution in [0.5, 0.6) is 5.75 Å². The van der Waals surface area contributed by atoms with Crippen LogP contribution in [0.15, 0.2) is 35.2 Å². The third-order valence-electron chi connectivity index (χ3n) is 3.32. The van der Waals surface area contributed by atoms with E-state index in [1.807, 2.05) is 37.3 Å². The van der Waals surface area contributed by atoms with Crippen LogP contribution in [0.4, 0.5) is 4.79 Å². The molecule has 0 radical (unpaired) electrons. The number of imide groups is 1. The zero-order valence-electron chi connectivity index (χ0n) is 12.5. The van der Waals surface area contributed by atoms with Gasteiger partial charge in [0.15, 0.2) is 0 Å². The van der Waals surface area contributed by atoms with E-state index in [2.05, 4.69) is 5.32 Å². The smallest absolute Gasteiger partial charge is 0.290 e. The third kappa shape index (κ3) is 4.35. The van der Waals surface area contributed by atoms with Gasteiger partial charge >= 0.3 is 0 Å². The number of allylic oxidation sites excluding steroid dienone is 1. The van der Waals surface area contributed by atoms with E-state index >= 15 is 0 Å². The van der Waals surface area contributed by atoms with Gasteiger partial charge < -0.3 is 10.5 Å². The van der Waals surface area contributed by atoms with E-state index in [9.17, 15) is 9.59 Å². The quantitative estimate of drug-likeness (QED) is 0.754. The van der Waals surface area contributed by atoms with Crippen LogP contribution in [0.3, 0.4) is 0 Å². The number of thioether (sulfide) groups is 1. The largest absolute Gasteiger partial charge is 0.494 e. The number of hydrogen-bond acceptors (Lipinski definition) is 5. The Kier molecular flexibility index (Phi) is 6.03. The summed E-state index contributed by atoms with van der Waals surface area (Å²) in [5, 5.41) is 1.95. The van der Waals surface area contributed by atoms with Gasteiger partial charge in [-0.1, -0.05) is 24.3 Å². The molecule has 1 atom stereocenters. The molecule has 0 aliphatic carbocycles. The monoisotopic (exact) mass is 320 g/mol. The van der Waals surface area contributed by atoms with E-state index in [4.69, 9.17) is 10.5 Å². The molecular weight excluding hydrogens is 300 g/mol. The van der Waals surface area contributed by atoms with Crippen LogP contribution >= 0.6 is 11.8 Å². The molecule has 1 aliphatic heterocycles. The molecule has 0 bridgehead atoms. The average molecular weight is 320 g/mol. The van der Waals surface area contributed by atoms with Crippen LogP contribution < -0.4 is 15.8 Å². The molecule has 1 fully saturated rings. The summed E-state index contributed by atoms with van der Waals surface area (Å²) < 4.78 is 5.63. The Hall–Kier alpha value is -1.79. The molecule has 1 aromatic carbocycles.